The van der Waals surface area contributed by atoms with Crippen molar-refractivity contribution >= 4 is 46.7 Å². The van der Waals surface area contributed by atoms with E-state index in [2.05, 4.69) is 6.07 Å². The summed E-state index contributed by atoms with van der Waals surface area (Å²) in [5, 5.41) is 10.1. The molecule has 1 aliphatic rings. The number of aromatic nitrogens is 1. The van der Waals surface area contributed by atoms with E-state index in [1.807, 2.05) is 0 Å². The molecule has 0 radical (unpaired) electrons. The molecule has 3 aromatic rings. The van der Waals surface area contributed by atoms with Crippen molar-refractivity contribution in [1.29, 1.82) is 5.26 Å². The van der Waals surface area contributed by atoms with E-state index < -0.39 is 35.5 Å². The van der Waals surface area contributed by atoms with Crippen molar-refractivity contribution in [3.8, 4) is 6.07 Å². The highest BCUT2D eigenvalue weighted by Crippen LogP contribution is 2.37. The van der Waals surface area contributed by atoms with Gasteiger partial charge >= 0.3 is 17.9 Å². The second-order valence-corrected chi connectivity index (χ2v) is 10.0. The van der Waals surface area contributed by atoms with E-state index in [0.717, 1.165) is 15.9 Å². The van der Waals surface area contributed by atoms with Gasteiger partial charge in [0.25, 0.3) is 5.56 Å². The third-order valence-electron chi connectivity index (χ3n) is 6.13. The van der Waals surface area contributed by atoms with E-state index in [9.17, 15) is 24.4 Å². The number of carbonyl (C=O) groups excluding carboxylic acids is 3. The van der Waals surface area contributed by atoms with Crippen molar-refractivity contribution in [2.75, 3.05) is 14.2 Å². The molecule has 4 rings (SSSR count). The van der Waals surface area contributed by atoms with Crippen LogP contribution in [0.15, 0.2) is 58.9 Å². The molecule has 2 aromatic carbocycles. The van der Waals surface area contributed by atoms with Crippen LogP contribution in [0.25, 0.3) is 17.5 Å². The Kier molecular flexibility index (Phi) is 8.02. The van der Waals surface area contributed by atoms with E-state index in [0.29, 0.717) is 16.7 Å². The fourth-order valence-corrected chi connectivity index (χ4v) is 5.44. The number of nitrogens with zero attached hydrogens (tertiary/aromatic N) is 2. The van der Waals surface area contributed by atoms with Crippen LogP contribution < -0.4 is 20.5 Å². The fraction of sp³-hybridized carbons (Fsp3) is 0.207. The maximum absolute atomic E-state index is 13.5. The molecule has 0 bridgehead atoms. The third-order valence-corrected chi connectivity index (χ3v) is 7.23. The number of hydrogen-bond donors (Lipinski definition) is 1. The van der Waals surface area contributed by atoms with Crippen LogP contribution in [0, 0.1) is 11.3 Å². The minimum absolute atomic E-state index is 0.0112. The van der Waals surface area contributed by atoms with Gasteiger partial charge in [-0.05, 0) is 55.3 Å². The summed E-state index contributed by atoms with van der Waals surface area (Å²) < 4.78 is 16.6. The Hall–Kier alpha value is -4.95. The molecule has 0 amide bonds. The summed E-state index contributed by atoms with van der Waals surface area (Å²) in [4.78, 5) is 50.7. The Morgan fingerprint density at radius 2 is 1.52 bits per heavy atom. The molecule has 1 atom stereocenters. The van der Waals surface area contributed by atoms with Crippen molar-refractivity contribution < 1.29 is 28.6 Å². The fourth-order valence-electron chi connectivity index (χ4n) is 4.27. The number of nitriles is 1. The molecule has 1 aliphatic heterocycles. The summed E-state index contributed by atoms with van der Waals surface area (Å²) in [7, 11) is 2.55. The number of benzene rings is 2. The van der Waals surface area contributed by atoms with Crippen LogP contribution in [-0.4, -0.2) is 42.8 Å². The summed E-state index contributed by atoms with van der Waals surface area (Å²) in [6.07, 6.45) is 1.13. The number of thiazole rings is 1. The first-order valence-electron chi connectivity index (χ1n) is 12.1. The Morgan fingerprint density at radius 3 is 2.02 bits per heavy atom. The minimum atomic E-state index is -0.951. The van der Waals surface area contributed by atoms with Crippen molar-refractivity contribution in [3.05, 3.63) is 95.9 Å². The smallest absolute Gasteiger partial charge is 0.338 e. The van der Waals surface area contributed by atoms with Crippen molar-refractivity contribution in [1.82, 2.24) is 4.57 Å². The van der Waals surface area contributed by atoms with Crippen LogP contribution in [0.3, 0.4) is 0 Å². The molecule has 0 spiro atoms. The lowest BCUT2D eigenvalue weighted by atomic mass is 9.83. The van der Waals surface area contributed by atoms with Crippen LogP contribution in [0.5, 0.6) is 0 Å². The highest BCUT2D eigenvalue weighted by atomic mass is 32.1. The molecule has 11 heteroatoms. The SMILES string of the molecule is COC(=O)c1ccc(C=c2sc3n(c2=O)C(N)=C(C#N)[C@@H](c2ccc(C(=O)OC)cc2)C=3C(=O)OC(C)C)cc1. The molecular weight excluding hydrogens is 534 g/mol. The Morgan fingerprint density at radius 1 is 0.975 bits per heavy atom. The number of esters is 3. The molecule has 204 valence electrons. The highest BCUT2D eigenvalue weighted by Gasteiger charge is 2.36. The van der Waals surface area contributed by atoms with E-state index in [1.54, 1.807) is 56.3 Å². The lowest BCUT2D eigenvalue weighted by Gasteiger charge is -2.25. The molecule has 1 aromatic heterocycles. The molecule has 0 saturated carbocycles. The molecule has 2 N–H and O–H groups in total. The van der Waals surface area contributed by atoms with Gasteiger partial charge < -0.3 is 19.9 Å². The predicted molar refractivity (Wildman–Crippen MR) is 147 cm³/mol. The van der Waals surface area contributed by atoms with E-state index in [1.165, 1.54) is 26.4 Å². The van der Waals surface area contributed by atoms with Gasteiger partial charge in [0.2, 0.25) is 0 Å². The first-order chi connectivity index (χ1) is 19.1. The zero-order chi connectivity index (χ0) is 29.1. The van der Waals surface area contributed by atoms with Crippen molar-refractivity contribution in [2.24, 2.45) is 5.73 Å². The van der Waals surface area contributed by atoms with Crippen LogP contribution >= 0.6 is 11.3 Å². The molecule has 0 unspecified atom stereocenters. The van der Waals surface area contributed by atoms with Gasteiger partial charge in [0.1, 0.15) is 10.5 Å². The standard InChI is InChI=1S/C29H25N3O7S/c1-15(2)39-29(36)23-22(17-9-11-19(12-10-17)28(35)38-4)20(14-30)24(31)32-25(33)21(40-26(23)32)13-16-5-7-18(8-6-16)27(34)37-3/h5-13,15,22H,31H2,1-4H3/t22-/m1/s1. The van der Waals surface area contributed by atoms with Crippen LogP contribution in [0.1, 0.15) is 51.6 Å². The Balaban J connectivity index is 1.98. The van der Waals surface area contributed by atoms with Gasteiger partial charge in [0, 0.05) is 0 Å². The van der Waals surface area contributed by atoms with Gasteiger partial charge in [-0.25, -0.2) is 14.4 Å². The van der Waals surface area contributed by atoms with E-state index >= 15 is 0 Å². The van der Waals surface area contributed by atoms with Crippen LogP contribution in [0.4, 0.5) is 0 Å². The first-order valence-corrected chi connectivity index (χ1v) is 12.9. The quantitative estimate of drug-likeness (QED) is 0.352. The molecule has 0 saturated heterocycles. The van der Waals surface area contributed by atoms with Crippen molar-refractivity contribution in [2.45, 2.75) is 25.9 Å². The number of carbonyl (C=O) groups is 3. The number of ether oxygens (including phenoxy) is 3. The summed E-state index contributed by atoms with van der Waals surface area (Å²) in [6, 6.07) is 14.7. The maximum Gasteiger partial charge on any atom is 0.338 e. The van der Waals surface area contributed by atoms with E-state index in [4.69, 9.17) is 19.9 Å². The summed E-state index contributed by atoms with van der Waals surface area (Å²) in [5.41, 5.74) is 7.69. The Labute approximate surface area is 232 Å². The lowest BCUT2D eigenvalue weighted by Crippen LogP contribution is -2.40. The van der Waals surface area contributed by atoms with Gasteiger partial charge in [-0.1, -0.05) is 24.3 Å². The summed E-state index contributed by atoms with van der Waals surface area (Å²) in [6.45, 7) is 3.38. The minimum Gasteiger partial charge on any atom is -0.465 e. The van der Waals surface area contributed by atoms with Gasteiger partial charge in [0.05, 0.1) is 59.1 Å². The zero-order valence-corrected chi connectivity index (χ0v) is 22.9. The van der Waals surface area contributed by atoms with Gasteiger partial charge in [-0.3, -0.25) is 9.36 Å². The first kappa shape index (κ1) is 28.1. The molecule has 2 heterocycles. The van der Waals surface area contributed by atoms with Gasteiger partial charge in [0.15, 0.2) is 0 Å². The zero-order valence-electron chi connectivity index (χ0n) is 22.1. The maximum atomic E-state index is 13.5. The van der Waals surface area contributed by atoms with Gasteiger partial charge in [-0.2, -0.15) is 5.26 Å². The number of allylic oxidation sites excluding steroid dienone is 1. The number of fused-ring (bicyclic) bond motifs is 1. The second kappa shape index (κ2) is 11.4. The third kappa shape index (κ3) is 5.17. The topological polar surface area (TPSA) is 151 Å². The lowest BCUT2D eigenvalue weighted by molar-refractivity contribution is -0.140. The Bertz CT molecular complexity index is 1760. The largest absolute Gasteiger partial charge is 0.465 e. The summed E-state index contributed by atoms with van der Waals surface area (Å²) in [5.74, 6) is -2.80. The number of rotatable bonds is 6. The highest BCUT2D eigenvalue weighted by molar-refractivity contribution is 7.07. The number of methoxy groups -OCH3 is 2. The number of nitrogens with two attached hydrogens (primary N) is 1. The van der Waals surface area contributed by atoms with E-state index in [-0.39, 0.29) is 31.7 Å². The predicted octanol–water partition coefficient (Wildman–Crippen LogP) is 1.86. The van der Waals surface area contributed by atoms with Gasteiger partial charge in [-0.15, -0.1) is 11.3 Å². The average Bonchev–Trinajstić information content (AvgIpc) is 3.27. The second-order valence-electron chi connectivity index (χ2n) is 9.00. The summed E-state index contributed by atoms with van der Waals surface area (Å²) >= 11 is 1.03. The van der Waals surface area contributed by atoms with Crippen molar-refractivity contribution in [3.63, 3.8) is 0 Å². The molecule has 40 heavy (non-hydrogen) atoms. The van der Waals surface area contributed by atoms with Crippen LogP contribution in [-0.2, 0) is 19.0 Å². The molecule has 0 aliphatic carbocycles. The normalized spacial score (nSPS) is 14.9. The molecule has 10 nitrogen and oxygen atoms in total. The van der Waals surface area contributed by atoms with Crippen LogP contribution in [0.2, 0.25) is 0 Å². The monoisotopic (exact) mass is 559 g/mol. The molecular formula is C29H25N3O7S. The average molecular weight is 560 g/mol. The number of hydrogen-bond acceptors (Lipinski definition) is 10. The molecule has 0 fully saturated rings.